The summed E-state index contributed by atoms with van der Waals surface area (Å²) in [5, 5.41) is 0.626. The van der Waals surface area contributed by atoms with Gasteiger partial charge in [0.2, 0.25) is 0 Å². The molecule has 0 aliphatic heterocycles. The number of carbonyl (C=O) groups excluding carboxylic acids is 1. The van der Waals surface area contributed by atoms with E-state index in [1.54, 1.807) is 38.2 Å². The molecule has 2 aromatic heterocycles. The molecule has 30 heavy (non-hydrogen) atoms. The number of carbonyl (C=O) groups is 1. The van der Waals surface area contributed by atoms with Crippen molar-refractivity contribution < 1.29 is 13.2 Å². The topological polar surface area (TPSA) is 92.3 Å². The lowest BCUT2D eigenvalue weighted by Crippen LogP contribution is -2.33. The molecule has 1 amide bonds. The predicted octanol–water partition coefficient (Wildman–Crippen LogP) is 4.56. The third kappa shape index (κ3) is 4.72. The Balaban J connectivity index is 2.01. The Morgan fingerprint density at radius 1 is 1.13 bits per heavy atom. The molecule has 0 saturated heterocycles. The summed E-state index contributed by atoms with van der Waals surface area (Å²) in [5.41, 5.74) is 0.475. The van der Waals surface area contributed by atoms with E-state index in [2.05, 4.69) is 14.7 Å². The third-order valence-electron chi connectivity index (χ3n) is 4.23. The van der Waals surface area contributed by atoms with Crippen molar-refractivity contribution in [1.29, 1.82) is 0 Å². The van der Waals surface area contributed by atoms with Crippen molar-refractivity contribution in [3.05, 3.63) is 76.2 Å². The minimum Gasteiger partial charge on any atom is -0.292 e. The smallest absolute Gasteiger partial charge is 0.280 e. The van der Waals surface area contributed by atoms with E-state index in [1.807, 2.05) is 0 Å². The first-order valence-corrected chi connectivity index (χ1v) is 11.1. The molecule has 0 fully saturated rings. The summed E-state index contributed by atoms with van der Waals surface area (Å²) in [5.74, 6) is -0.0956. The van der Waals surface area contributed by atoms with E-state index in [0.717, 1.165) is 0 Å². The second-order valence-electron chi connectivity index (χ2n) is 6.30. The Labute approximate surface area is 184 Å². The number of sulfonamides is 1. The summed E-state index contributed by atoms with van der Waals surface area (Å²) in [6, 6.07) is 10.8. The minimum atomic E-state index is -4.02. The van der Waals surface area contributed by atoms with E-state index >= 15 is 0 Å². The molecule has 1 aromatic carbocycles. The third-order valence-corrected chi connectivity index (χ3v) is 6.22. The number of nitrogens with one attached hydrogen (secondary N) is 1. The van der Waals surface area contributed by atoms with E-state index in [1.165, 1.54) is 35.4 Å². The summed E-state index contributed by atoms with van der Waals surface area (Å²) in [6.45, 7) is 3.79. The quantitative estimate of drug-likeness (QED) is 0.576. The molecule has 3 aromatic rings. The standard InChI is InChI=1S/C20H18Cl2N4O3S/c1-3-26(18-6-4-5-9-23-18)20(27)19-17(11-14(21)12-24-19)25-30(28,29)15-7-8-16(22)13(2)10-15/h4-12,25H,3H2,1-2H3. The number of anilines is 2. The van der Waals surface area contributed by atoms with Gasteiger partial charge in [-0.25, -0.2) is 18.4 Å². The van der Waals surface area contributed by atoms with Crippen LogP contribution in [0.5, 0.6) is 0 Å². The van der Waals surface area contributed by atoms with Gasteiger partial charge in [0.1, 0.15) is 5.82 Å². The summed E-state index contributed by atoms with van der Waals surface area (Å²) >= 11 is 12.0. The van der Waals surface area contributed by atoms with Crippen LogP contribution in [0.25, 0.3) is 0 Å². The van der Waals surface area contributed by atoms with Gasteiger partial charge in [-0.3, -0.25) is 14.4 Å². The maximum absolute atomic E-state index is 13.2. The summed E-state index contributed by atoms with van der Waals surface area (Å²) in [7, 11) is -4.02. The van der Waals surface area contributed by atoms with Crippen molar-refractivity contribution in [2.75, 3.05) is 16.2 Å². The molecule has 1 N–H and O–H groups in total. The van der Waals surface area contributed by atoms with Crippen LogP contribution in [0.15, 0.2) is 59.8 Å². The largest absolute Gasteiger partial charge is 0.292 e. The van der Waals surface area contributed by atoms with Gasteiger partial charge in [0.15, 0.2) is 5.69 Å². The van der Waals surface area contributed by atoms with Gasteiger partial charge < -0.3 is 0 Å². The van der Waals surface area contributed by atoms with Gasteiger partial charge in [0, 0.05) is 24.0 Å². The second kappa shape index (κ2) is 8.99. The molecule has 7 nitrogen and oxygen atoms in total. The number of aryl methyl sites for hydroxylation is 1. The van der Waals surface area contributed by atoms with E-state index in [4.69, 9.17) is 23.2 Å². The fourth-order valence-electron chi connectivity index (χ4n) is 2.73. The highest BCUT2D eigenvalue weighted by molar-refractivity contribution is 7.92. The lowest BCUT2D eigenvalue weighted by atomic mass is 10.2. The SMILES string of the molecule is CCN(C(=O)c1ncc(Cl)cc1NS(=O)(=O)c1ccc(Cl)c(C)c1)c1ccccn1. The lowest BCUT2D eigenvalue weighted by Gasteiger charge is -2.21. The first-order valence-electron chi connectivity index (χ1n) is 8.90. The van der Waals surface area contributed by atoms with E-state index in [-0.39, 0.29) is 21.3 Å². The molecule has 0 atom stereocenters. The molecule has 0 aliphatic carbocycles. The Kier molecular flexibility index (Phi) is 6.60. The Hall–Kier alpha value is -2.68. The van der Waals surface area contributed by atoms with Gasteiger partial charge in [0.25, 0.3) is 15.9 Å². The fraction of sp³-hybridized carbons (Fsp3) is 0.150. The Bertz CT molecular complexity index is 1190. The molecule has 0 radical (unpaired) electrons. The number of nitrogens with zero attached hydrogens (tertiary/aromatic N) is 3. The first kappa shape index (κ1) is 22.0. The van der Waals surface area contributed by atoms with Crippen molar-refractivity contribution in [1.82, 2.24) is 9.97 Å². The van der Waals surface area contributed by atoms with Gasteiger partial charge >= 0.3 is 0 Å². The van der Waals surface area contributed by atoms with Crippen LogP contribution >= 0.6 is 23.2 Å². The molecule has 10 heteroatoms. The summed E-state index contributed by atoms with van der Waals surface area (Å²) in [4.78, 5) is 22.8. The van der Waals surface area contributed by atoms with Crippen LogP contribution in [0, 0.1) is 6.92 Å². The van der Waals surface area contributed by atoms with Crippen molar-refractivity contribution in [3.63, 3.8) is 0 Å². The number of benzene rings is 1. The van der Waals surface area contributed by atoms with Gasteiger partial charge in [-0.05, 0) is 55.8 Å². The van der Waals surface area contributed by atoms with Gasteiger partial charge in [-0.2, -0.15) is 0 Å². The molecule has 0 spiro atoms. The van der Waals surface area contributed by atoms with E-state index in [0.29, 0.717) is 22.9 Å². The maximum atomic E-state index is 13.2. The van der Waals surface area contributed by atoms with Crippen molar-refractivity contribution in [2.24, 2.45) is 0 Å². The molecular weight excluding hydrogens is 447 g/mol. The first-order chi connectivity index (χ1) is 14.2. The van der Waals surface area contributed by atoms with Crippen LogP contribution in [0.4, 0.5) is 11.5 Å². The van der Waals surface area contributed by atoms with Crippen molar-refractivity contribution in [2.45, 2.75) is 18.7 Å². The molecule has 0 bridgehead atoms. The van der Waals surface area contributed by atoms with E-state index in [9.17, 15) is 13.2 Å². The van der Waals surface area contributed by atoms with Crippen LogP contribution in [-0.2, 0) is 10.0 Å². The van der Waals surface area contributed by atoms with Crippen LogP contribution < -0.4 is 9.62 Å². The number of pyridine rings is 2. The number of aromatic nitrogens is 2. The Morgan fingerprint density at radius 2 is 1.90 bits per heavy atom. The average Bonchev–Trinajstić information content (AvgIpc) is 2.71. The van der Waals surface area contributed by atoms with Crippen LogP contribution in [-0.4, -0.2) is 30.8 Å². The molecule has 2 heterocycles. The number of halogens is 2. The summed E-state index contributed by atoms with van der Waals surface area (Å²) in [6.07, 6.45) is 2.85. The predicted molar refractivity (Wildman–Crippen MR) is 118 cm³/mol. The highest BCUT2D eigenvalue weighted by Crippen LogP contribution is 2.26. The zero-order chi connectivity index (χ0) is 21.9. The van der Waals surface area contributed by atoms with Gasteiger partial charge in [-0.15, -0.1) is 0 Å². The lowest BCUT2D eigenvalue weighted by molar-refractivity contribution is 0.0983. The highest BCUT2D eigenvalue weighted by Gasteiger charge is 2.25. The van der Waals surface area contributed by atoms with Crippen LogP contribution in [0.2, 0.25) is 10.0 Å². The monoisotopic (exact) mass is 464 g/mol. The molecule has 0 unspecified atom stereocenters. The van der Waals surface area contributed by atoms with Crippen molar-refractivity contribution >= 4 is 50.6 Å². The summed E-state index contributed by atoms with van der Waals surface area (Å²) < 4.78 is 28.2. The highest BCUT2D eigenvalue weighted by atomic mass is 35.5. The van der Waals surface area contributed by atoms with E-state index < -0.39 is 15.9 Å². The fourth-order valence-corrected chi connectivity index (χ4v) is 4.14. The number of hydrogen-bond acceptors (Lipinski definition) is 5. The number of rotatable bonds is 6. The second-order valence-corrected chi connectivity index (χ2v) is 8.83. The number of amides is 1. The zero-order valence-electron chi connectivity index (χ0n) is 16.1. The van der Waals surface area contributed by atoms with Crippen molar-refractivity contribution in [3.8, 4) is 0 Å². The van der Waals surface area contributed by atoms with Crippen LogP contribution in [0.1, 0.15) is 23.0 Å². The molecule has 0 saturated carbocycles. The average molecular weight is 465 g/mol. The van der Waals surface area contributed by atoms with Crippen LogP contribution in [0.3, 0.4) is 0 Å². The zero-order valence-corrected chi connectivity index (χ0v) is 18.5. The Morgan fingerprint density at radius 3 is 2.53 bits per heavy atom. The molecule has 3 rings (SSSR count). The molecule has 0 aliphatic rings. The number of hydrogen-bond donors (Lipinski definition) is 1. The normalized spacial score (nSPS) is 11.2. The molecule has 156 valence electrons. The molecular formula is C20H18Cl2N4O3S. The minimum absolute atomic E-state index is 0.000141. The van der Waals surface area contributed by atoms with Gasteiger partial charge in [-0.1, -0.05) is 29.3 Å². The maximum Gasteiger partial charge on any atom is 0.280 e. The van der Waals surface area contributed by atoms with Gasteiger partial charge in [0.05, 0.1) is 15.6 Å².